The van der Waals surface area contributed by atoms with Crippen molar-refractivity contribution in [1.82, 2.24) is 5.32 Å². The van der Waals surface area contributed by atoms with Crippen molar-refractivity contribution in [3.8, 4) is 22.6 Å². The Labute approximate surface area is 153 Å². The Kier molecular flexibility index (Phi) is 5.88. The predicted octanol–water partition coefficient (Wildman–Crippen LogP) is 4.06. The second kappa shape index (κ2) is 8.72. The van der Waals surface area contributed by atoms with Crippen LogP contribution in [0.4, 0.5) is 0 Å². The molecule has 0 heterocycles. The second-order valence-corrected chi connectivity index (χ2v) is 5.78. The van der Waals surface area contributed by atoms with Crippen molar-refractivity contribution in [2.75, 3.05) is 13.7 Å². The number of amides is 1. The molecule has 1 amide bonds. The highest BCUT2D eigenvalue weighted by Crippen LogP contribution is 2.29. The minimum atomic E-state index is -0.171. The van der Waals surface area contributed by atoms with Crippen LogP contribution in [-0.2, 0) is 11.3 Å². The van der Waals surface area contributed by atoms with Crippen LogP contribution in [0.3, 0.4) is 0 Å². The number of carbonyl (C=O) groups excluding carboxylic acids is 1. The van der Waals surface area contributed by atoms with E-state index in [0.717, 1.165) is 22.4 Å². The summed E-state index contributed by atoms with van der Waals surface area (Å²) in [5.74, 6) is 1.29. The van der Waals surface area contributed by atoms with Gasteiger partial charge >= 0.3 is 0 Å². The van der Waals surface area contributed by atoms with E-state index < -0.39 is 0 Å². The molecule has 0 fully saturated rings. The fourth-order valence-corrected chi connectivity index (χ4v) is 2.63. The van der Waals surface area contributed by atoms with Gasteiger partial charge in [-0.2, -0.15) is 0 Å². The van der Waals surface area contributed by atoms with Crippen molar-refractivity contribution < 1.29 is 14.3 Å². The normalized spacial score (nSPS) is 10.2. The Morgan fingerprint density at radius 3 is 2.50 bits per heavy atom. The molecule has 1 N–H and O–H groups in total. The van der Waals surface area contributed by atoms with Crippen LogP contribution in [0.2, 0.25) is 0 Å². The Morgan fingerprint density at radius 2 is 1.69 bits per heavy atom. The summed E-state index contributed by atoms with van der Waals surface area (Å²) in [5.41, 5.74) is 3.00. The van der Waals surface area contributed by atoms with Crippen molar-refractivity contribution in [1.29, 1.82) is 0 Å². The van der Waals surface area contributed by atoms with Gasteiger partial charge in [-0.15, -0.1) is 0 Å². The first kappa shape index (κ1) is 17.5. The van der Waals surface area contributed by atoms with E-state index in [1.54, 1.807) is 7.11 Å². The number of methoxy groups -OCH3 is 1. The Bertz CT molecular complexity index is 862. The van der Waals surface area contributed by atoms with Gasteiger partial charge in [0.25, 0.3) is 5.91 Å². The summed E-state index contributed by atoms with van der Waals surface area (Å²) in [5, 5.41) is 2.86. The van der Waals surface area contributed by atoms with E-state index in [0.29, 0.717) is 12.3 Å². The maximum Gasteiger partial charge on any atom is 0.258 e. The summed E-state index contributed by atoms with van der Waals surface area (Å²) >= 11 is 0. The Hall–Kier alpha value is -3.27. The fraction of sp³-hybridized carbons (Fsp3) is 0.136. The summed E-state index contributed by atoms with van der Waals surface area (Å²) in [6.07, 6.45) is 0. The molecule has 0 saturated heterocycles. The summed E-state index contributed by atoms with van der Waals surface area (Å²) in [6, 6.07) is 25.3. The molecule has 3 rings (SSSR count). The summed E-state index contributed by atoms with van der Waals surface area (Å²) in [7, 11) is 1.62. The van der Waals surface area contributed by atoms with Gasteiger partial charge in [0.15, 0.2) is 6.61 Å². The minimum Gasteiger partial charge on any atom is -0.497 e. The van der Waals surface area contributed by atoms with Crippen LogP contribution in [0.1, 0.15) is 5.56 Å². The van der Waals surface area contributed by atoms with Crippen LogP contribution in [-0.4, -0.2) is 19.6 Å². The van der Waals surface area contributed by atoms with E-state index in [1.807, 2.05) is 78.9 Å². The number of carbonyl (C=O) groups is 1. The molecule has 0 aliphatic rings. The van der Waals surface area contributed by atoms with Gasteiger partial charge in [-0.1, -0.05) is 60.7 Å². The van der Waals surface area contributed by atoms with Crippen molar-refractivity contribution in [3.63, 3.8) is 0 Å². The zero-order chi connectivity index (χ0) is 18.2. The van der Waals surface area contributed by atoms with E-state index in [1.165, 1.54) is 0 Å². The Morgan fingerprint density at radius 1 is 0.923 bits per heavy atom. The molecule has 3 aromatic rings. The SMILES string of the molecule is COc1cccc(CNC(=O)COc2ccccc2-c2ccccc2)c1. The van der Waals surface area contributed by atoms with Crippen molar-refractivity contribution in [3.05, 3.63) is 84.4 Å². The topological polar surface area (TPSA) is 47.6 Å². The number of nitrogens with one attached hydrogen (secondary N) is 1. The van der Waals surface area contributed by atoms with E-state index >= 15 is 0 Å². The predicted molar refractivity (Wildman–Crippen MR) is 102 cm³/mol. The van der Waals surface area contributed by atoms with E-state index in [2.05, 4.69) is 5.32 Å². The summed E-state index contributed by atoms with van der Waals surface area (Å²) in [4.78, 5) is 12.1. The molecule has 0 aliphatic carbocycles. The minimum absolute atomic E-state index is 0.0339. The zero-order valence-electron chi connectivity index (χ0n) is 14.6. The first-order chi connectivity index (χ1) is 12.8. The quantitative estimate of drug-likeness (QED) is 0.701. The first-order valence-corrected chi connectivity index (χ1v) is 8.43. The van der Waals surface area contributed by atoms with Crippen LogP contribution in [0.25, 0.3) is 11.1 Å². The average Bonchev–Trinajstić information content (AvgIpc) is 2.71. The zero-order valence-corrected chi connectivity index (χ0v) is 14.6. The molecule has 4 heteroatoms. The molecule has 0 aliphatic heterocycles. The number of rotatable bonds is 7. The third-order valence-electron chi connectivity index (χ3n) is 3.95. The van der Waals surface area contributed by atoms with E-state index in [4.69, 9.17) is 9.47 Å². The number of hydrogen-bond acceptors (Lipinski definition) is 3. The maximum atomic E-state index is 12.1. The highest BCUT2D eigenvalue weighted by molar-refractivity contribution is 5.78. The molecule has 26 heavy (non-hydrogen) atoms. The monoisotopic (exact) mass is 347 g/mol. The number of benzene rings is 3. The van der Waals surface area contributed by atoms with Gasteiger partial charge in [0.1, 0.15) is 11.5 Å². The van der Waals surface area contributed by atoms with E-state index in [-0.39, 0.29) is 12.5 Å². The first-order valence-electron chi connectivity index (χ1n) is 8.43. The lowest BCUT2D eigenvalue weighted by molar-refractivity contribution is -0.123. The van der Waals surface area contributed by atoms with Crippen LogP contribution in [0.15, 0.2) is 78.9 Å². The van der Waals surface area contributed by atoms with Gasteiger partial charge in [0.05, 0.1) is 7.11 Å². The molecule has 0 aromatic heterocycles. The van der Waals surface area contributed by atoms with Crippen LogP contribution < -0.4 is 14.8 Å². The molecule has 4 nitrogen and oxygen atoms in total. The molecular formula is C22H21NO3. The highest BCUT2D eigenvalue weighted by atomic mass is 16.5. The van der Waals surface area contributed by atoms with Crippen LogP contribution in [0.5, 0.6) is 11.5 Å². The highest BCUT2D eigenvalue weighted by Gasteiger charge is 2.08. The molecule has 0 spiro atoms. The lowest BCUT2D eigenvalue weighted by Gasteiger charge is -2.12. The van der Waals surface area contributed by atoms with E-state index in [9.17, 15) is 4.79 Å². The van der Waals surface area contributed by atoms with Crippen molar-refractivity contribution >= 4 is 5.91 Å². The van der Waals surface area contributed by atoms with Crippen molar-refractivity contribution in [2.45, 2.75) is 6.54 Å². The third-order valence-corrected chi connectivity index (χ3v) is 3.95. The fourth-order valence-electron chi connectivity index (χ4n) is 2.63. The second-order valence-electron chi connectivity index (χ2n) is 5.78. The maximum absolute atomic E-state index is 12.1. The standard InChI is InChI=1S/C22H21NO3/c1-25-19-11-7-8-17(14-19)15-23-22(24)16-26-21-13-6-5-12-20(21)18-9-3-2-4-10-18/h2-14H,15-16H2,1H3,(H,23,24). The lowest BCUT2D eigenvalue weighted by Crippen LogP contribution is -2.28. The number of hydrogen-bond donors (Lipinski definition) is 1. The van der Waals surface area contributed by atoms with Gasteiger partial charge in [0.2, 0.25) is 0 Å². The molecule has 0 bridgehead atoms. The number of ether oxygens (including phenoxy) is 2. The van der Waals surface area contributed by atoms with Crippen LogP contribution >= 0.6 is 0 Å². The molecule has 132 valence electrons. The lowest BCUT2D eigenvalue weighted by atomic mass is 10.1. The van der Waals surface area contributed by atoms with Crippen LogP contribution in [0, 0.1) is 0 Å². The van der Waals surface area contributed by atoms with Gasteiger partial charge in [-0.05, 0) is 29.3 Å². The largest absolute Gasteiger partial charge is 0.497 e. The summed E-state index contributed by atoms with van der Waals surface area (Å²) < 4.78 is 10.9. The smallest absolute Gasteiger partial charge is 0.258 e. The average molecular weight is 347 g/mol. The Balaban J connectivity index is 1.58. The van der Waals surface area contributed by atoms with Gasteiger partial charge in [-0.25, -0.2) is 0 Å². The van der Waals surface area contributed by atoms with Crippen molar-refractivity contribution in [2.24, 2.45) is 0 Å². The molecule has 3 aromatic carbocycles. The van der Waals surface area contributed by atoms with Gasteiger partial charge in [-0.3, -0.25) is 4.79 Å². The molecular weight excluding hydrogens is 326 g/mol. The summed E-state index contributed by atoms with van der Waals surface area (Å²) in [6.45, 7) is 0.396. The molecule has 0 radical (unpaired) electrons. The molecule has 0 saturated carbocycles. The molecule has 0 atom stereocenters. The number of para-hydroxylation sites is 1. The van der Waals surface area contributed by atoms with Gasteiger partial charge < -0.3 is 14.8 Å². The molecule has 0 unspecified atom stereocenters. The van der Waals surface area contributed by atoms with Gasteiger partial charge in [0, 0.05) is 12.1 Å². The third kappa shape index (κ3) is 4.63.